The third-order valence-electron chi connectivity index (χ3n) is 5.96. The number of carbonyl (C=O) groups is 1. The van der Waals surface area contributed by atoms with Gasteiger partial charge in [0, 0.05) is 43.7 Å². The maximum atomic E-state index is 13.4. The number of thioether (sulfide) groups is 1. The maximum Gasteiger partial charge on any atom is 0.244 e. The third kappa shape index (κ3) is 4.62. The number of hydrogen-bond acceptors (Lipinski definition) is 4. The number of nitrogens with one attached hydrogen (secondary N) is 1. The summed E-state index contributed by atoms with van der Waals surface area (Å²) < 4.78 is 0. The van der Waals surface area contributed by atoms with Gasteiger partial charge in [-0.25, -0.2) is 0 Å². The molecule has 3 aliphatic rings. The van der Waals surface area contributed by atoms with Crippen LogP contribution in [0.15, 0.2) is 30.3 Å². The number of amides is 1. The minimum atomic E-state index is -0.104. The van der Waals surface area contributed by atoms with Crippen LogP contribution in [0.1, 0.15) is 37.3 Å². The summed E-state index contributed by atoms with van der Waals surface area (Å²) in [5, 5.41) is 3.72. The highest BCUT2D eigenvalue weighted by Gasteiger charge is 2.34. The standard InChI is InChI=1S/C21H31N3OS/c25-21(24-10-8-19(9-11-24)22-16-17-6-7-17)20(18-4-2-1-3-5-18)23-12-14-26-15-13-23/h1-5,17,19-20,22H,6-16H2. The van der Waals surface area contributed by atoms with Crippen LogP contribution in [-0.4, -0.2) is 66.0 Å². The largest absolute Gasteiger partial charge is 0.341 e. The lowest BCUT2D eigenvalue weighted by Gasteiger charge is -2.39. The van der Waals surface area contributed by atoms with Crippen molar-refractivity contribution in [3.8, 4) is 0 Å². The van der Waals surface area contributed by atoms with Crippen LogP contribution in [0.4, 0.5) is 0 Å². The van der Waals surface area contributed by atoms with Gasteiger partial charge in [0.1, 0.15) is 6.04 Å². The monoisotopic (exact) mass is 373 g/mol. The summed E-state index contributed by atoms with van der Waals surface area (Å²) in [4.78, 5) is 18.0. The van der Waals surface area contributed by atoms with Crippen LogP contribution in [0, 0.1) is 5.92 Å². The predicted molar refractivity (Wildman–Crippen MR) is 108 cm³/mol. The Labute approximate surface area is 161 Å². The number of hydrogen-bond donors (Lipinski definition) is 1. The van der Waals surface area contributed by atoms with Crippen LogP contribution in [0.3, 0.4) is 0 Å². The maximum absolute atomic E-state index is 13.4. The van der Waals surface area contributed by atoms with Crippen molar-refractivity contribution in [2.75, 3.05) is 44.2 Å². The van der Waals surface area contributed by atoms with E-state index in [1.165, 1.54) is 19.4 Å². The molecular formula is C21H31N3OS. The van der Waals surface area contributed by atoms with E-state index in [0.29, 0.717) is 11.9 Å². The summed E-state index contributed by atoms with van der Waals surface area (Å²) in [6.07, 6.45) is 4.99. The van der Waals surface area contributed by atoms with Crippen LogP contribution in [0.25, 0.3) is 0 Å². The van der Waals surface area contributed by atoms with Gasteiger partial charge in [0.2, 0.25) is 5.91 Å². The lowest BCUT2D eigenvalue weighted by atomic mass is 10.00. The molecule has 2 aliphatic heterocycles. The minimum absolute atomic E-state index is 0.104. The molecule has 0 spiro atoms. The molecule has 4 rings (SSSR count). The first-order valence-corrected chi connectivity index (χ1v) is 11.4. The number of nitrogens with zero attached hydrogens (tertiary/aromatic N) is 2. The molecule has 26 heavy (non-hydrogen) atoms. The van der Waals surface area contributed by atoms with Gasteiger partial charge >= 0.3 is 0 Å². The van der Waals surface area contributed by atoms with Gasteiger partial charge in [0.15, 0.2) is 0 Å². The van der Waals surface area contributed by atoms with E-state index in [0.717, 1.165) is 62.0 Å². The first-order chi connectivity index (χ1) is 12.8. The fourth-order valence-corrected chi connectivity index (χ4v) is 5.04. The molecule has 2 heterocycles. The van der Waals surface area contributed by atoms with E-state index >= 15 is 0 Å². The fourth-order valence-electron chi connectivity index (χ4n) is 4.11. The lowest BCUT2D eigenvalue weighted by molar-refractivity contribution is -0.138. The Bertz CT molecular complexity index is 578. The topological polar surface area (TPSA) is 35.6 Å². The summed E-state index contributed by atoms with van der Waals surface area (Å²) in [5.41, 5.74) is 1.15. The molecule has 1 N–H and O–H groups in total. The second kappa shape index (κ2) is 8.77. The number of carbonyl (C=O) groups excluding carboxylic acids is 1. The van der Waals surface area contributed by atoms with E-state index < -0.39 is 0 Å². The highest BCUT2D eigenvalue weighted by atomic mass is 32.2. The molecule has 2 saturated heterocycles. The zero-order valence-corrected chi connectivity index (χ0v) is 16.4. The van der Waals surface area contributed by atoms with Crippen molar-refractivity contribution in [2.45, 2.75) is 37.8 Å². The normalized spacial score (nSPS) is 23.8. The molecule has 1 aromatic carbocycles. The Kier molecular flexibility index (Phi) is 6.18. The first kappa shape index (κ1) is 18.3. The Morgan fingerprint density at radius 2 is 1.73 bits per heavy atom. The molecule has 1 unspecified atom stereocenters. The fraction of sp³-hybridized carbons (Fsp3) is 0.667. The first-order valence-electron chi connectivity index (χ1n) is 10.2. The molecule has 1 amide bonds. The molecule has 3 fully saturated rings. The molecule has 142 valence electrons. The van der Waals surface area contributed by atoms with Gasteiger partial charge in [-0.1, -0.05) is 30.3 Å². The molecule has 1 aromatic rings. The second-order valence-electron chi connectivity index (χ2n) is 7.91. The molecule has 1 saturated carbocycles. The molecule has 1 atom stereocenters. The zero-order valence-electron chi connectivity index (χ0n) is 15.6. The Hall–Kier alpha value is -1.04. The SMILES string of the molecule is O=C(C(c1ccccc1)N1CCSCC1)N1CCC(NCC2CC2)CC1. The smallest absolute Gasteiger partial charge is 0.244 e. The highest BCUT2D eigenvalue weighted by molar-refractivity contribution is 7.99. The van der Waals surface area contributed by atoms with Gasteiger partial charge in [-0.3, -0.25) is 9.69 Å². The van der Waals surface area contributed by atoms with Crippen molar-refractivity contribution >= 4 is 17.7 Å². The van der Waals surface area contributed by atoms with E-state index in [-0.39, 0.29) is 6.04 Å². The van der Waals surface area contributed by atoms with Gasteiger partial charge in [-0.15, -0.1) is 0 Å². The van der Waals surface area contributed by atoms with Crippen LogP contribution < -0.4 is 5.32 Å². The van der Waals surface area contributed by atoms with Gasteiger partial charge < -0.3 is 10.2 Å². The molecule has 5 heteroatoms. The van der Waals surface area contributed by atoms with Crippen LogP contribution in [0.5, 0.6) is 0 Å². The average molecular weight is 374 g/mol. The summed E-state index contributed by atoms with van der Waals surface area (Å²) >= 11 is 2.00. The molecule has 4 nitrogen and oxygen atoms in total. The van der Waals surface area contributed by atoms with Gasteiger partial charge in [0.05, 0.1) is 0 Å². The van der Waals surface area contributed by atoms with Crippen LogP contribution >= 0.6 is 11.8 Å². The van der Waals surface area contributed by atoms with E-state index in [4.69, 9.17) is 0 Å². The lowest BCUT2D eigenvalue weighted by Crippen LogP contribution is -2.50. The van der Waals surface area contributed by atoms with E-state index in [9.17, 15) is 4.79 Å². The summed E-state index contributed by atoms with van der Waals surface area (Å²) in [6, 6.07) is 10.9. The molecule has 0 radical (unpaired) electrons. The molecule has 1 aliphatic carbocycles. The quantitative estimate of drug-likeness (QED) is 0.832. The van der Waals surface area contributed by atoms with Crippen molar-refractivity contribution in [3.63, 3.8) is 0 Å². The van der Waals surface area contributed by atoms with Crippen molar-refractivity contribution in [1.29, 1.82) is 0 Å². The molecule has 0 aromatic heterocycles. The average Bonchev–Trinajstić information content (AvgIpc) is 3.53. The van der Waals surface area contributed by atoms with Gasteiger partial charge in [0.25, 0.3) is 0 Å². The summed E-state index contributed by atoms with van der Waals surface area (Å²) in [6.45, 7) is 4.99. The molecular weight excluding hydrogens is 342 g/mol. The second-order valence-corrected chi connectivity index (χ2v) is 9.14. The zero-order chi connectivity index (χ0) is 17.8. The van der Waals surface area contributed by atoms with Gasteiger partial charge in [-0.05, 0) is 43.7 Å². The van der Waals surface area contributed by atoms with E-state index in [1.54, 1.807) is 0 Å². The number of rotatable bonds is 6. The van der Waals surface area contributed by atoms with Crippen LogP contribution in [-0.2, 0) is 4.79 Å². The van der Waals surface area contributed by atoms with Gasteiger partial charge in [-0.2, -0.15) is 11.8 Å². The Morgan fingerprint density at radius 3 is 2.38 bits per heavy atom. The number of benzene rings is 1. The molecule has 0 bridgehead atoms. The van der Waals surface area contributed by atoms with Crippen molar-refractivity contribution in [3.05, 3.63) is 35.9 Å². The van der Waals surface area contributed by atoms with Crippen molar-refractivity contribution in [1.82, 2.24) is 15.1 Å². The van der Waals surface area contributed by atoms with Crippen molar-refractivity contribution < 1.29 is 4.79 Å². The van der Waals surface area contributed by atoms with E-state index in [1.807, 2.05) is 17.8 Å². The Balaban J connectivity index is 1.39. The van der Waals surface area contributed by atoms with Crippen LogP contribution in [0.2, 0.25) is 0 Å². The number of piperidine rings is 1. The Morgan fingerprint density at radius 1 is 1.04 bits per heavy atom. The predicted octanol–water partition coefficient (Wildman–Crippen LogP) is 2.77. The summed E-state index contributed by atoms with van der Waals surface area (Å²) in [5.74, 6) is 3.49. The minimum Gasteiger partial charge on any atom is -0.341 e. The van der Waals surface area contributed by atoms with Crippen molar-refractivity contribution in [2.24, 2.45) is 5.92 Å². The van der Waals surface area contributed by atoms with E-state index in [2.05, 4.69) is 39.4 Å². The summed E-state index contributed by atoms with van der Waals surface area (Å²) in [7, 11) is 0. The number of likely N-dealkylation sites (tertiary alicyclic amines) is 1. The highest BCUT2D eigenvalue weighted by Crippen LogP contribution is 2.29. The third-order valence-corrected chi connectivity index (χ3v) is 6.90.